The van der Waals surface area contributed by atoms with Crippen LogP contribution in [0.25, 0.3) is 0 Å². The third-order valence-corrected chi connectivity index (χ3v) is 3.88. The summed E-state index contributed by atoms with van der Waals surface area (Å²) in [5.41, 5.74) is 0.0819. The normalized spacial score (nSPS) is 21.3. The molecule has 1 aromatic rings. The molecular formula is C14H13ClN2O4. The van der Waals surface area contributed by atoms with Gasteiger partial charge < -0.3 is 10.0 Å². The van der Waals surface area contributed by atoms with Crippen molar-refractivity contribution < 1.29 is 19.5 Å². The molecule has 1 heterocycles. The molecule has 1 aliphatic heterocycles. The first-order valence-corrected chi connectivity index (χ1v) is 7.00. The van der Waals surface area contributed by atoms with E-state index in [1.54, 1.807) is 0 Å². The molecule has 1 saturated carbocycles. The number of phenols is 1. The number of hydrogen-bond acceptors (Lipinski definition) is 4. The fourth-order valence-corrected chi connectivity index (χ4v) is 2.67. The van der Waals surface area contributed by atoms with E-state index < -0.39 is 17.9 Å². The number of phenolic OH excluding ortho intramolecular Hbond substituents is 1. The van der Waals surface area contributed by atoms with Crippen LogP contribution in [0.4, 0.5) is 0 Å². The van der Waals surface area contributed by atoms with E-state index in [0.29, 0.717) is 5.02 Å². The Balaban J connectivity index is 1.92. The highest BCUT2D eigenvalue weighted by Gasteiger charge is 2.45. The van der Waals surface area contributed by atoms with Crippen molar-refractivity contribution in [3.8, 4) is 5.75 Å². The number of nitrogens with zero attached hydrogens (tertiary/aromatic N) is 1. The summed E-state index contributed by atoms with van der Waals surface area (Å²) in [6.07, 6.45) is 1.55. The van der Waals surface area contributed by atoms with Crippen molar-refractivity contribution in [3.05, 3.63) is 28.8 Å². The number of benzene rings is 1. The van der Waals surface area contributed by atoms with Crippen molar-refractivity contribution in [1.29, 1.82) is 0 Å². The second kappa shape index (κ2) is 5.04. The van der Waals surface area contributed by atoms with Crippen LogP contribution >= 0.6 is 11.6 Å². The van der Waals surface area contributed by atoms with Gasteiger partial charge in [0, 0.05) is 11.1 Å². The summed E-state index contributed by atoms with van der Waals surface area (Å²) < 4.78 is 0. The molecule has 2 fully saturated rings. The molecule has 2 aliphatic rings. The molecule has 7 heteroatoms. The fraction of sp³-hybridized carbons (Fsp3) is 0.357. The van der Waals surface area contributed by atoms with Crippen LogP contribution in [0.15, 0.2) is 18.2 Å². The van der Waals surface area contributed by atoms with Gasteiger partial charge in [-0.2, -0.15) is 0 Å². The summed E-state index contributed by atoms with van der Waals surface area (Å²) in [6, 6.07) is 3.34. The number of aromatic hydroxyl groups is 1. The number of carbonyl (C=O) groups is 3. The quantitative estimate of drug-likeness (QED) is 0.818. The van der Waals surface area contributed by atoms with Crippen LogP contribution in [0, 0.1) is 0 Å². The van der Waals surface area contributed by atoms with Gasteiger partial charge in [-0.25, -0.2) is 0 Å². The maximum absolute atomic E-state index is 12.6. The highest BCUT2D eigenvalue weighted by atomic mass is 35.5. The Morgan fingerprint density at radius 3 is 2.57 bits per heavy atom. The smallest absolute Gasteiger partial charge is 0.258 e. The minimum atomic E-state index is -0.799. The minimum absolute atomic E-state index is 0.0323. The average Bonchev–Trinajstić information content (AvgIpc) is 3.16. The molecule has 110 valence electrons. The van der Waals surface area contributed by atoms with E-state index in [0.717, 1.165) is 12.8 Å². The number of rotatable bonds is 3. The molecule has 1 aliphatic carbocycles. The van der Waals surface area contributed by atoms with Crippen molar-refractivity contribution in [2.24, 2.45) is 0 Å². The van der Waals surface area contributed by atoms with E-state index in [2.05, 4.69) is 5.32 Å². The largest absolute Gasteiger partial charge is 0.507 e. The van der Waals surface area contributed by atoms with Crippen molar-refractivity contribution in [2.75, 3.05) is 0 Å². The molecule has 0 bridgehead atoms. The first kappa shape index (κ1) is 13.9. The molecule has 21 heavy (non-hydrogen) atoms. The maximum Gasteiger partial charge on any atom is 0.258 e. The van der Waals surface area contributed by atoms with Gasteiger partial charge in [0.05, 0.1) is 12.0 Å². The van der Waals surface area contributed by atoms with Crippen molar-refractivity contribution >= 4 is 29.3 Å². The number of halogens is 1. The van der Waals surface area contributed by atoms with Crippen molar-refractivity contribution in [2.45, 2.75) is 31.3 Å². The number of carbonyl (C=O) groups excluding carboxylic acids is 3. The molecule has 0 unspecified atom stereocenters. The predicted molar refractivity (Wildman–Crippen MR) is 73.9 cm³/mol. The van der Waals surface area contributed by atoms with Gasteiger partial charge in [-0.3, -0.25) is 19.7 Å². The zero-order valence-corrected chi connectivity index (χ0v) is 11.8. The third kappa shape index (κ3) is 2.58. The fourth-order valence-electron chi connectivity index (χ4n) is 2.50. The average molecular weight is 309 g/mol. The van der Waals surface area contributed by atoms with Gasteiger partial charge in [-0.1, -0.05) is 11.6 Å². The molecule has 0 spiro atoms. The molecule has 0 aromatic heterocycles. The Morgan fingerprint density at radius 1 is 1.33 bits per heavy atom. The second-order valence-electron chi connectivity index (χ2n) is 5.24. The Hall–Kier alpha value is -2.08. The second-order valence-corrected chi connectivity index (χ2v) is 5.67. The third-order valence-electron chi connectivity index (χ3n) is 3.64. The number of imide groups is 1. The van der Waals surface area contributed by atoms with Crippen LogP contribution in [-0.2, 0) is 9.59 Å². The van der Waals surface area contributed by atoms with Gasteiger partial charge in [0.1, 0.15) is 11.8 Å². The lowest BCUT2D eigenvalue weighted by Gasteiger charge is -2.27. The van der Waals surface area contributed by atoms with Gasteiger partial charge in [0.15, 0.2) is 0 Å². The number of amides is 3. The molecule has 0 radical (unpaired) electrons. The van der Waals surface area contributed by atoms with E-state index in [1.165, 1.54) is 23.1 Å². The van der Waals surface area contributed by atoms with Gasteiger partial charge in [-0.15, -0.1) is 0 Å². The Labute approximate surface area is 125 Å². The maximum atomic E-state index is 12.6. The van der Waals surface area contributed by atoms with Gasteiger partial charge in [-0.05, 0) is 31.0 Å². The van der Waals surface area contributed by atoms with Gasteiger partial charge in [0.2, 0.25) is 11.8 Å². The monoisotopic (exact) mass is 308 g/mol. The highest BCUT2D eigenvalue weighted by Crippen LogP contribution is 2.34. The summed E-state index contributed by atoms with van der Waals surface area (Å²) in [6.45, 7) is 0. The summed E-state index contributed by atoms with van der Waals surface area (Å²) in [4.78, 5) is 37.2. The lowest BCUT2D eigenvalue weighted by atomic mass is 10.1. The zero-order valence-electron chi connectivity index (χ0n) is 11.0. The van der Waals surface area contributed by atoms with Crippen LogP contribution in [0.5, 0.6) is 5.75 Å². The number of hydrogen-bond donors (Lipinski definition) is 2. The number of nitrogens with one attached hydrogen (secondary N) is 1. The molecule has 1 aromatic carbocycles. The van der Waals surface area contributed by atoms with E-state index in [9.17, 15) is 19.5 Å². The van der Waals surface area contributed by atoms with Crippen LogP contribution < -0.4 is 5.32 Å². The molecule has 3 amide bonds. The Bertz CT molecular complexity index is 642. The van der Waals surface area contributed by atoms with Crippen molar-refractivity contribution in [3.63, 3.8) is 0 Å². The Kier molecular flexibility index (Phi) is 3.33. The lowest BCUT2D eigenvalue weighted by Crippen LogP contribution is -2.45. The van der Waals surface area contributed by atoms with Crippen LogP contribution in [0.1, 0.15) is 29.6 Å². The van der Waals surface area contributed by atoms with E-state index >= 15 is 0 Å². The predicted octanol–water partition coefficient (Wildman–Crippen LogP) is 1.07. The summed E-state index contributed by atoms with van der Waals surface area (Å²) in [5, 5.41) is 12.4. The van der Waals surface area contributed by atoms with E-state index in [4.69, 9.17) is 11.6 Å². The Morgan fingerprint density at radius 2 is 2.05 bits per heavy atom. The summed E-state index contributed by atoms with van der Waals surface area (Å²) >= 11 is 5.75. The summed E-state index contributed by atoms with van der Waals surface area (Å²) in [7, 11) is 0. The molecular weight excluding hydrogens is 296 g/mol. The molecule has 1 atom stereocenters. The van der Waals surface area contributed by atoms with Gasteiger partial charge in [0.25, 0.3) is 5.91 Å². The molecule has 2 N–H and O–H groups in total. The standard InChI is InChI=1S/C14H13ClN2O4/c15-7-1-4-9(11(18)5-7)14(21)17(8-2-3-8)10-6-12(19)16-13(10)20/h1,4-5,8,10,18H,2-3,6H2,(H,16,19,20)/t10-/m0/s1. The van der Waals surface area contributed by atoms with Gasteiger partial charge >= 0.3 is 0 Å². The topological polar surface area (TPSA) is 86.7 Å². The molecule has 3 rings (SSSR count). The zero-order chi connectivity index (χ0) is 15.1. The van der Waals surface area contributed by atoms with Crippen LogP contribution in [-0.4, -0.2) is 39.8 Å². The van der Waals surface area contributed by atoms with E-state index in [1.807, 2.05) is 0 Å². The minimum Gasteiger partial charge on any atom is -0.507 e. The van der Waals surface area contributed by atoms with Crippen LogP contribution in [0.2, 0.25) is 5.02 Å². The first-order chi connectivity index (χ1) is 9.97. The summed E-state index contributed by atoms with van der Waals surface area (Å²) in [5.74, 6) is -1.54. The SMILES string of the molecule is O=C1C[C@H](N(C(=O)c2ccc(Cl)cc2O)C2CC2)C(=O)N1. The molecule has 1 saturated heterocycles. The van der Waals surface area contributed by atoms with Crippen LogP contribution in [0.3, 0.4) is 0 Å². The van der Waals surface area contributed by atoms with E-state index in [-0.39, 0.29) is 29.7 Å². The molecule has 6 nitrogen and oxygen atoms in total. The lowest BCUT2D eigenvalue weighted by molar-refractivity contribution is -0.126. The van der Waals surface area contributed by atoms with Crippen molar-refractivity contribution in [1.82, 2.24) is 10.2 Å². The highest BCUT2D eigenvalue weighted by molar-refractivity contribution is 6.30. The first-order valence-electron chi connectivity index (χ1n) is 6.62.